The van der Waals surface area contributed by atoms with Crippen LogP contribution in [0.3, 0.4) is 0 Å². The molecular formula is C20H17Cl3N3V. The fraction of sp³-hybridized carbons (Fsp3) is 0.0500. The quantitative estimate of drug-likeness (QED) is 0.368. The third-order valence-electron chi connectivity index (χ3n) is 3.21. The van der Waals surface area contributed by atoms with Gasteiger partial charge in [0.2, 0.25) is 0 Å². The van der Waals surface area contributed by atoms with Crippen molar-refractivity contribution < 1.29 is 55.8 Å². The largest absolute Gasteiger partial charge is 3.00 e. The van der Waals surface area contributed by atoms with Gasteiger partial charge in [-0.2, -0.15) is 0 Å². The molecule has 0 bridgehead atoms. The molecule has 0 atom stereocenters. The number of pyridine rings is 1. The Hall–Kier alpha value is -1.62. The Morgan fingerprint density at radius 3 is 1.41 bits per heavy atom. The maximum Gasteiger partial charge on any atom is 3.00 e. The fourth-order valence-electron chi connectivity index (χ4n) is 2.16. The van der Waals surface area contributed by atoms with Crippen molar-refractivity contribution in [3.8, 4) is 0 Å². The Labute approximate surface area is 190 Å². The van der Waals surface area contributed by atoms with E-state index < -0.39 is 0 Å². The first kappa shape index (κ1) is 27.6. The number of rotatable bonds is 4. The van der Waals surface area contributed by atoms with Crippen LogP contribution < -0.4 is 37.2 Å². The standard InChI is InChI=1S/C20H17N3.3ClH.V/c1-16-12-19(14-21-17-8-4-2-5-9-17)23-20(13-16)15-22-18-10-6-3-7-11-18;;;;/h2-15H,1H3;3*1H;/q;;;;+3/p-3. The van der Waals surface area contributed by atoms with E-state index in [0.717, 1.165) is 28.3 Å². The molecule has 3 nitrogen and oxygen atoms in total. The van der Waals surface area contributed by atoms with E-state index in [9.17, 15) is 0 Å². The van der Waals surface area contributed by atoms with Crippen molar-refractivity contribution >= 4 is 23.8 Å². The molecule has 0 aliphatic heterocycles. The number of aromatic nitrogens is 1. The van der Waals surface area contributed by atoms with Crippen LogP contribution >= 0.6 is 0 Å². The summed E-state index contributed by atoms with van der Waals surface area (Å²) in [5.74, 6) is 0. The molecule has 0 fully saturated rings. The Balaban J connectivity index is 0. The van der Waals surface area contributed by atoms with Crippen LogP contribution in [0.2, 0.25) is 0 Å². The van der Waals surface area contributed by atoms with Crippen LogP contribution in [0.4, 0.5) is 11.4 Å². The van der Waals surface area contributed by atoms with Gasteiger partial charge in [0.25, 0.3) is 0 Å². The van der Waals surface area contributed by atoms with Gasteiger partial charge in [-0.05, 0) is 48.9 Å². The van der Waals surface area contributed by atoms with Crippen molar-refractivity contribution in [1.29, 1.82) is 0 Å². The van der Waals surface area contributed by atoms with Gasteiger partial charge in [0.15, 0.2) is 0 Å². The van der Waals surface area contributed by atoms with Crippen LogP contribution in [0.1, 0.15) is 17.0 Å². The van der Waals surface area contributed by atoms with Crippen molar-refractivity contribution in [1.82, 2.24) is 4.98 Å². The molecule has 27 heavy (non-hydrogen) atoms. The predicted octanol–water partition coefficient (Wildman–Crippen LogP) is -4.10. The summed E-state index contributed by atoms with van der Waals surface area (Å²) in [6.07, 6.45) is 3.56. The van der Waals surface area contributed by atoms with Gasteiger partial charge in [0.05, 0.1) is 35.2 Å². The monoisotopic (exact) mass is 455 g/mol. The SMILES string of the molecule is Cc1cc(C=Nc2ccccc2)nc(C=Nc2ccccc2)c1.[Cl-].[Cl-].[Cl-].[V+3]. The smallest absolute Gasteiger partial charge is 1.00 e. The molecule has 0 saturated heterocycles. The zero-order valence-corrected chi connectivity index (χ0v) is 18.2. The van der Waals surface area contributed by atoms with Crippen molar-refractivity contribution in [3.63, 3.8) is 0 Å². The molecule has 0 unspecified atom stereocenters. The average Bonchev–Trinajstić information content (AvgIpc) is 2.60. The summed E-state index contributed by atoms with van der Waals surface area (Å²) in [5, 5.41) is 0. The van der Waals surface area contributed by atoms with E-state index >= 15 is 0 Å². The molecule has 0 aliphatic carbocycles. The number of halogens is 3. The number of para-hydroxylation sites is 2. The summed E-state index contributed by atoms with van der Waals surface area (Å²) in [6.45, 7) is 2.04. The molecule has 7 heteroatoms. The minimum Gasteiger partial charge on any atom is -1.00 e. The molecule has 2 aromatic carbocycles. The van der Waals surface area contributed by atoms with E-state index in [1.807, 2.05) is 79.7 Å². The molecule has 1 aromatic heterocycles. The van der Waals surface area contributed by atoms with Crippen LogP contribution in [0.5, 0.6) is 0 Å². The molecule has 1 heterocycles. The number of nitrogens with zero attached hydrogens (tertiary/aromatic N) is 3. The van der Waals surface area contributed by atoms with Gasteiger partial charge < -0.3 is 37.2 Å². The molecule has 0 radical (unpaired) electrons. The summed E-state index contributed by atoms with van der Waals surface area (Å²) in [4.78, 5) is 13.5. The molecule has 0 N–H and O–H groups in total. The molecule has 0 spiro atoms. The van der Waals surface area contributed by atoms with Crippen molar-refractivity contribution in [2.75, 3.05) is 0 Å². The van der Waals surface area contributed by atoms with E-state index in [1.54, 1.807) is 12.4 Å². The summed E-state index contributed by atoms with van der Waals surface area (Å²) < 4.78 is 0. The first-order chi connectivity index (χ1) is 11.3. The van der Waals surface area contributed by atoms with Crippen LogP contribution in [0.15, 0.2) is 82.8 Å². The molecule has 138 valence electrons. The van der Waals surface area contributed by atoms with Gasteiger partial charge in [-0.1, -0.05) is 36.4 Å². The van der Waals surface area contributed by atoms with Gasteiger partial charge in [-0.25, -0.2) is 4.98 Å². The Bertz CT molecular complexity index is 774. The number of aryl methyl sites for hydroxylation is 1. The molecular weight excluding hydrogens is 440 g/mol. The molecule has 0 amide bonds. The first-order valence-corrected chi connectivity index (χ1v) is 7.46. The number of hydrogen-bond acceptors (Lipinski definition) is 3. The second-order valence-electron chi connectivity index (χ2n) is 5.18. The maximum atomic E-state index is 4.57. The van der Waals surface area contributed by atoms with E-state index in [1.165, 1.54) is 0 Å². The van der Waals surface area contributed by atoms with E-state index in [4.69, 9.17) is 0 Å². The summed E-state index contributed by atoms with van der Waals surface area (Å²) in [6, 6.07) is 23.7. The minimum absolute atomic E-state index is 0. The minimum atomic E-state index is 0. The van der Waals surface area contributed by atoms with Crippen molar-refractivity contribution in [2.45, 2.75) is 6.92 Å². The zero-order valence-electron chi connectivity index (χ0n) is 14.5. The predicted molar refractivity (Wildman–Crippen MR) is 96.4 cm³/mol. The van der Waals surface area contributed by atoms with Gasteiger partial charge in [-0.15, -0.1) is 0 Å². The summed E-state index contributed by atoms with van der Waals surface area (Å²) >= 11 is 0. The van der Waals surface area contributed by atoms with Crippen molar-refractivity contribution in [2.24, 2.45) is 9.98 Å². The Kier molecular flexibility index (Phi) is 14.8. The van der Waals surface area contributed by atoms with E-state index in [2.05, 4.69) is 15.0 Å². The van der Waals surface area contributed by atoms with Crippen LogP contribution in [-0.4, -0.2) is 17.4 Å². The van der Waals surface area contributed by atoms with Crippen LogP contribution in [0.25, 0.3) is 0 Å². The second-order valence-corrected chi connectivity index (χ2v) is 5.18. The fourth-order valence-corrected chi connectivity index (χ4v) is 2.16. The summed E-state index contributed by atoms with van der Waals surface area (Å²) in [5.41, 5.74) is 4.60. The summed E-state index contributed by atoms with van der Waals surface area (Å²) in [7, 11) is 0. The number of aliphatic imine (C=N–C) groups is 2. The van der Waals surface area contributed by atoms with Crippen LogP contribution in [0, 0.1) is 6.92 Å². The van der Waals surface area contributed by atoms with Gasteiger partial charge in [0.1, 0.15) is 0 Å². The zero-order chi connectivity index (χ0) is 15.9. The maximum absolute atomic E-state index is 4.57. The molecule has 3 rings (SSSR count). The first-order valence-electron chi connectivity index (χ1n) is 7.46. The van der Waals surface area contributed by atoms with E-state index in [-0.39, 0.29) is 55.8 Å². The topological polar surface area (TPSA) is 37.6 Å². The van der Waals surface area contributed by atoms with Crippen molar-refractivity contribution in [3.05, 3.63) is 89.7 Å². The third kappa shape index (κ3) is 9.23. The number of hydrogen-bond donors (Lipinski definition) is 0. The Morgan fingerprint density at radius 2 is 1.04 bits per heavy atom. The second kappa shape index (κ2) is 14.4. The Morgan fingerprint density at radius 1 is 0.667 bits per heavy atom. The average molecular weight is 457 g/mol. The molecule has 0 saturated carbocycles. The van der Waals surface area contributed by atoms with Gasteiger partial charge in [-0.3, -0.25) is 9.98 Å². The van der Waals surface area contributed by atoms with Gasteiger partial charge in [0, 0.05) is 0 Å². The third-order valence-corrected chi connectivity index (χ3v) is 3.21. The van der Waals surface area contributed by atoms with E-state index in [0.29, 0.717) is 0 Å². The number of benzene rings is 2. The molecule has 0 aliphatic rings. The molecule has 3 aromatic rings. The van der Waals surface area contributed by atoms with Gasteiger partial charge >= 0.3 is 18.6 Å². The normalized spacial score (nSPS) is 9.67. The van der Waals surface area contributed by atoms with Crippen LogP contribution in [-0.2, 0) is 18.6 Å².